The number of hydrogen-bond donors (Lipinski definition) is 0. The van der Waals surface area contributed by atoms with E-state index in [9.17, 15) is 0 Å². The zero-order valence-electron chi connectivity index (χ0n) is 15.9. The van der Waals surface area contributed by atoms with Crippen molar-refractivity contribution in [3.63, 3.8) is 0 Å². The Bertz CT molecular complexity index is 759. The number of rotatable bonds is 7. The lowest BCUT2D eigenvalue weighted by Crippen LogP contribution is -2.38. The van der Waals surface area contributed by atoms with Gasteiger partial charge in [0.05, 0.1) is 16.6 Å². The minimum absolute atomic E-state index is 0.518. The summed E-state index contributed by atoms with van der Waals surface area (Å²) in [5.74, 6) is 1.66. The number of hydrogen-bond acceptors (Lipinski definition) is 4. The van der Waals surface area contributed by atoms with E-state index in [1.165, 1.54) is 38.8 Å². The predicted octanol–water partition coefficient (Wildman–Crippen LogP) is 4.49. The number of nitrogens with zero attached hydrogens (tertiary/aromatic N) is 4. The van der Waals surface area contributed by atoms with E-state index in [2.05, 4.69) is 51.1 Å². The molecule has 0 N–H and O–H groups in total. The fourth-order valence-electron chi connectivity index (χ4n) is 3.63. The molecule has 1 aromatic carbocycles. The Morgan fingerprint density at radius 1 is 1.23 bits per heavy atom. The van der Waals surface area contributed by atoms with Crippen LogP contribution in [-0.4, -0.2) is 46.1 Å². The van der Waals surface area contributed by atoms with Crippen LogP contribution in [0.15, 0.2) is 16.6 Å². The van der Waals surface area contributed by atoms with Gasteiger partial charge in [-0.2, -0.15) is 0 Å². The lowest BCUT2D eigenvalue weighted by atomic mass is 9.83. The van der Waals surface area contributed by atoms with Crippen molar-refractivity contribution in [1.82, 2.24) is 19.9 Å². The highest BCUT2D eigenvalue weighted by molar-refractivity contribution is 9.10. The average molecular weight is 421 g/mol. The van der Waals surface area contributed by atoms with Crippen LogP contribution in [0.4, 0.5) is 0 Å². The standard InChI is InChI=1S/C20H29BrN4O/c1-20(2)8-11-24(12-9-20)10-3-13-26-17-7-6-16-19(18(17)21)22-23-25(16)14-15-4-5-15/h6-7,15H,3-5,8-14H2,1-2H3. The van der Waals surface area contributed by atoms with Crippen molar-refractivity contribution < 1.29 is 4.74 Å². The first-order valence-corrected chi connectivity index (χ1v) is 10.7. The monoisotopic (exact) mass is 420 g/mol. The largest absolute Gasteiger partial charge is 0.492 e. The SMILES string of the molecule is CC1(C)CCN(CCCOc2ccc3c(nnn3CC3CC3)c2Br)CC1. The van der Waals surface area contributed by atoms with Crippen LogP contribution in [0.3, 0.4) is 0 Å². The molecule has 26 heavy (non-hydrogen) atoms. The Morgan fingerprint density at radius 3 is 2.73 bits per heavy atom. The zero-order chi connectivity index (χ0) is 18.1. The van der Waals surface area contributed by atoms with Gasteiger partial charge in [0, 0.05) is 13.1 Å². The van der Waals surface area contributed by atoms with Gasteiger partial charge >= 0.3 is 0 Å². The minimum Gasteiger partial charge on any atom is -0.492 e. The van der Waals surface area contributed by atoms with Gasteiger partial charge in [0.15, 0.2) is 0 Å². The van der Waals surface area contributed by atoms with Crippen LogP contribution in [0, 0.1) is 11.3 Å². The fourth-order valence-corrected chi connectivity index (χ4v) is 4.16. The number of benzene rings is 1. The van der Waals surface area contributed by atoms with Crippen molar-refractivity contribution in [2.75, 3.05) is 26.2 Å². The van der Waals surface area contributed by atoms with Gasteiger partial charge in [-0.05, 0) is 84.6 Å². The summed E-state index contributed by atoms with van der Waals surface area (Å²) in [6, 6.07) is 4.13. The molecule has 0 amide bonds. The highest BCUT2D eigenvalue weighted by atomic mass is 79.9. The first kappa shape index (κ1) is 18.2. The Kier molecular flexibility index (Phi) is 5.24. The Balaban J connectivity index is 1.29. The molecular weight excluding hydrogens is 392 g/mol. The summed E-state index contributed by atoms with van der Waals surface area (Å²) in [5.41, 5.74) is 2.51. The molecule has 6 heteroatoms. The molecule has 0 atom stereocenters. The van der Waals surface area contributed by atoms with E-state index in [1.54, 1.807) is 0 Å². The molecule has 1 saturated heterocycles. The minimum atomic E-state index is 0.518. The van der Waals surface area contributed by atoms with Crippen molar-refractivity contribution in [1.29, 1.82) is 0 Å². The molecular formula is C20H29BrN4O. The van der Waals surface area contributed by atoms with Crippen molar-refractivity contribution in [2.45, 2.75) is 52.5 Å². The molecule has 2 aliphatic rings. The first-order chi connectivity index (χ1) is 12.5. The van der Waals surface area contributed by atoms with Gasteiger partial charge in [0.2, 0.25) is 0 Å². The van der Waals surface area contributed by atoms with Gasteiger partial charge in [-0.25, -0.2) is 4.68 Å². The summed E-state index contributed by atoms with van der Waals surface area (Å²) in [7, 11) is 0. The maximum atomic E-state index is 6.03. The van der Waals surface area contributed by atoms with E-state index in [4.69, 9.17) is 4.74 Å². The lowest BCUT2D eigenvalue weighted by molar-refractivity contribution is 0.126. The van der Waals surface area contributed by atoms with Crippen molar-refractivity contribution in [2.24, 2.45) is 11.3 Å². The van der Waals surface area contributed by atoms with Gasteiger partial charge in [-0.3, -0.25) is 0 Å². The molecule has 5 nitrogen and oxygen atoms in total. The number of fused-ring (bicyclic) bond motifs is 1. The van der Waals surface area contributed by atoms with Crippen LogP contribution in [0.5, 0.6) is 5.75 Å². The predicted molar refractivity (Wildman–Crippen MR) is 108 cm³/mol. The third kappa shape index (κ3) is 4.22. The maximum Gasteiger partial charge on any atom is 0.135 e. The molecule has 0 radical (unpaired) electrons. The molecule has 4 rings (SSSR count). The fraction of sp³-hybridized carbons (Fsp3) is 0.700. The van der Waals surface area contributed by atoms with Gasteiger partial charge in [-0.1, -0.05) is 19.1 Å². The topological polar surface area (TPSA) is 43.2 Å². The lowest BCUT2D eigenvalue weighted by Gasteiger charge is -2.36. The number of likely N-dealkylation sites (tertiary alicyclic amines) is 1. The summed E-state index contributed by atoms with van der Waals surface area (Å²) in [6.45, 7) is 10.0. The number of aromatic nitrogens is 3. The molecule has 1 saturated carbocycles. The Hall–Kier alpha value is -1.14. The quantitative estimate of drug-likeness (QED) is 0.618. The molecule has 2 fully saturated rings. The van der Waals surface area contributed by atoms with E-state index in [0.717, 1.165) is 53.3 Å². The smallest absolute Gasteiger partial charge is 0.135 e. The second kappa shape index (κ2) is 7.47. The third-order valence-corrected chi connectivity index (χ3v) is 6.57. The van der Waals surface area contributed by atoms with Gasteiger partial charge in [-0.15, -0.1) is 5.10 Å². The second-order valence-corrected chi connectivity index (χ2v) is 9.46. The molecule has 2 heterocycles. The molecule has 0 unspecified atom stereocenters. The van der Waals surface area contributed by atoms with Crippen LogP contribution in [0.2, 0.25) is 0 Å². The average Bonchev–Trinajstić information content (AvgIpc) is 3.33. The second-order valence-electron chi connectivity index (χ2n) is 8.67. The van der Waals surface area contributed by atoms with Crippen LogP contribution in [0.1, 0.15) is 46.0 Å². The normalized spacial score (nSPS) is 20.6. The Morgan fingerprint density at radius 2 is 2.00 bits per heavy atom. The van der Waals surface area contributed by atoms with E-state index in [1.807, 2.05) is 10.7 Å². The van der Waals surface area contributed by atoms with Crippen LogP contribution in [-0.2, 0) is 6.54 Å². The summed E-state index contributed by atoms with van der Waals surface area (Å²) < 4.78 is 8.98. The number of halogens is 1. The highest BCUT2D eigenvalue weighted by Gasteiger charge is 2.25. The van der Waals surface area contributed by atoms with Crippen molar-refractivity contribution in [3.05, 3.63) is 16.6 Å². The van der Waals surface area contributed by atoms with Crippen molar-refractivity contribution in [3.8, 4) is 5.75 Å². The number of piperidine rings is 1. The van der Waals surface area contributed by atoms with Gasteiger partial charge < -0.3 is 9.64 Å². The van der Waals surface area contributed by atoms with E-state index < -0.39 is 0 Å². The van der Waals surface area contributed by atoms with Crippen LogP contribution < -0.4 is 4.74 Å². The van der Waals surface area contributed by atoms with E-state index in [0.29, 0.717) is 5.41 Å². The molecule has 1 aliphatic carbocycles. The van der Waals surface area contributed by atoms with Gasteiger partial charge in [0.1, 0.15) is 11.3 Å². The molecule has 142 valence electrons. The highest BCUT2D eigenvalue weighted by Crippen LogP contribution is 2.35. The Labute approximate surface area is 164 Å². The van der Waals surface area contributed by atoms with Crippen molar-refractivity contribution >= 4 is 27.0 Å². The zero-order valence-corrected chi connectivity index (χ0v) is 17.5. The number of ether oxygens (including phenoxy) is 1. The maximum absolute atomic E-state index is 6.03. The summed E-state index contributed by atoms with van der Waals surface area (Å²) in [4.78, 5) is 2.57. The summed E-state index contributed by atoms with van der Waals surface area (Å²) >= 11 is 3.67. The molecule has 0 spiro atoms. The summed E-state index contributed by atoms with van der Waals surface area (Å²) in [5, 5.41) is 8.67. The molecule has 1 aromatic heterocycles. The first-order valence-electron chi connectivity index (χ1n) is 9.89. The van der Waals surface area contributed by atoms with Crippen LogP contribution in [0.25, 0.3) is 11.0 Å². The summed E-state index contributed by atoms with van der Waals surface area (Å²) in [6.07, 6.45) is 6.29. The molecule has 2 aromatic rings. The molecule has 0 bridgehead atoms. The van der Waals surface area contributed by atoms with E-state index >= 15 is 0 Å². The third-order valence-electron chi connectivity index (χ3n) is 5.80. The van der Waals surface area contributed by atoms with Crippen LogP contribution >= 0.6 is 15.9 Å². The van der Waals surface area contributed by atoms with Gasteiger partial charge in [0.25, 0.3) is 0 Å². The molecule has 1 aliphatic heterocycles. The van der Waals surface area contributed by atoms with E-state index in [-0.39, 0.29) is 0 Å².